The Balaban J connectivity index is 1.94. The summed E-state index contributed by atoms with van der Waals surface area (Å²) in [6.07, 6.45) is -0.387. The fourth-order valence-electron chi connectivity index (χ4n) is 4.95. The van der Waals surface area contributed by atoms with Gasteiger partial charge in [-0.3, -0.25) is 20.2 Å². The van der Waals surface area contributed by atoms with Gasteiger partial charge in [0.1, 0.15) is 16.9 Å². The number of barbiturate groups is 1. The molecule has 162 valence electrons. The number of amides is 4. The second-order valence-corrected chi connectivity index (χ2v) is 7.89. The first-order chi connectivity index (χ1) is 14.9. The number of benzene rings is 2. The molecule has 4 amide bonds. The maximum absolute atomic E-state index is 13.4. The molecule has 1 saturated heterocycles. The number of urea groups is 1. The first-order valence-electron chi connectivity index (χ1n) is 10.0. The lowest BCUT2D eigenvalue weighted by Crippen LogP contribution is -2.68. The maximum atomic E-state index is 13.4. The fraction of sp³-hybridized carbons (Fsp3) is 0.348. The Hall–Kier alpha value is -3.39. The molecule has 3 N–H and O–H groups in total. The molecule has 0 bridgehead atoms. The molecule has 4 rings (SSSR count). The summed E-state index contributed by atoms with van der Waals surface area (Å²) in [6.45, 7) is 0. The molecule has 0 aromatic heterocycles. The maximum Gasteiger partial charge on any atom is 0.328 e. The molecule has 1 aliphatic heterocycles. The number of carbonyl (C=O) groups excluding carboxylic acids is 3. The van der Waals surface area contributed by atoms with E-state index in [-0.39, 0.29) is 12.8 Å². The molecule has 3 atom stereocenters. The van der Waals surface area contributed by atoms with E-state index in [0.717, 1.165) is 0 Å². The van der Waals surface area contributed by atoms with Gasteiger partial charge in [0.15, 0.2) is 0 Å². The molecule has 2 aromatic carbocycles. The van der Waals surface area contributed by atoms with Crippen molar-refractivity contribution in [1.82, 2.24) is 10.6 Å². The van der Waals surface area contributed by atoms with E-state index in [4.69, 9.17) is 9.47 Å². The van der Waals surface area contributed by atoms with Crippen molar-refractivity contribution in [2.75, 3.05) is 14.2 Å². The average molecular weight is 424 g/mol. The van der Waals surface area contributed by atoms with Gasteiger partial charge in [-0.05, 0) is 48.2 Å². The molecule has 2 aliphatic rings. The smallest absolute Gasteiger partial charge is 0.328 e. The summed E-state index contributed by atoms with van der Waals surface area (Å²) in [5.74, 6) is -1.58. The van der Waals surface area contributed by atoms with Gasteiger partial charge in [-0.25, -0.2) is 4.79 Å². The van der Waals surface area contributed by atoms with Gasteiger partial charge < -0.3 is 14.6 Å². The van der Waals surface area contributed by atoms with Gasteiger partial charge in [-0.15, -0.1) is 0 Å². The molecule has 1 saturated carbocycles. The van der Waals surface area contributed by atoms with Gasteiger partial charge in [-0.2, -0.15) is 0 Å². The minimum absolute atomic E-state index is 0.183. The van der Waals surface area contributed by atoms with Gasteiger partial charge in [0.2, 0.25) is 11.8 Å². The SMILES string of the molecule is COc1cccc([C@H]2CC(O)C[C@@H](c3cccc(OC)c3)C23C(=O)NC(=O)NC3=O)c1. The van der Waals surface area contributed by atoms with E-state index in [1.807, 2.05) is 0 Å². The highest BCUT2D eigenvalue weighted by Gasteiger charge is 2.63. The van der Waals surface area contributed by atoms with Crippen LogP contribution in [-0.2, 0) is 9.59 Å². The number of imide groups is 2. The third kappa shape index (κ3) is 3.42. The summed E-state index contributed by atoms with van der Waals surface area (Å²) in [5, 5.41) is 15.3. The van der Waals surface area contributed by atoms with Crippen molar-refractivity contribution in [2.45, 2.75) is 30.8 Å². The molecule has 1 spiro atoms. The third-order valence-electron chi connectivity index (χ3n) is 6.31. The van der Waals surface area contributed by atoms with Crippen LogP contribution in [0.25, 0.3) is 0 Å². The van der Waals surface area contributed by atoms with Gasteiger partial charge in [0, 0.05) is 11.8 Å². The number of hydrogen-bond donors (Lipinski definition) is 3. The Morgan fingerprint density at radius 3 is 1.71 bits per heavy atom. The van der Waals surface area contributed by atoms with Crippen LogP contribution in [0.4, 0.5) is 4.79 Å². The second kappa shape index (κ2) is 8.03. The van der Waals surface area contributed by atoms with E-state index in [2.05, 4.69) is 10.6 Å². The van der Waals surface area contributed by atoms with Crippen LogP contribution < -0.4 is 20.1 Å². The first kappa shape index (κ1) is 20.9. The van der Waals surface area contributed by atoms with Gasteiger partial charge in [0.05, 0.1) is 20.3 Å². The molecule has 31 heavy (non-hydrogen) atoms. The van der Waals surface area contributed by atoms with Crippen molar-refractivity contribution >= 4 is 17.8 Å². The summed E-state index contributed by atoms with van der Waals surface area (Å²) in [7, 11) is 3.06. The zero-order chi connectivity index (χ0) is 22.2. The minimum Gasteiger partial charge on any atom is -0.497 e. The zero-order valence-corrected chi connectivity index (χ0v) is 17.3. The molecule has 1 heterocycles. The van der Waals surface area contributed by atoms with E-state index < -0.39 is 41.2 Å². The summed E-state index contributed by atoms with van der Waals surface area (Å²) < 4.78 is 10.7. The lowest BCUT2D eigenvalue weighted by molar-refractivity contribution is -0.152. The quantitative estimate of drug-likeness (QED) is 0.648. The number of methoxy groups -OCH3 is 2. The predicted octanol–water partition coefficient (Wildman–Crippen LogP) is 2.08. The molecular weight excluding hydrogens is 400 g/mol. The zero-order valence-electron chi connectivity index (χ0n) is 17.3. The van der Waals surface area contributed by atoms with Crippen LogP contribution in [0.2, 0.25) is 0 Å². The Labute approximate surface area is 179 Å². The Kier molecular flexibility index (Phi) is 5.41. The lowest BCUT2D eigenvalue weighted by Gasteiger charge is -2.50. The number of carbonyl (C=O) groups is 3. The molecule has 8 nitrogen and oxygen atoms in total. The monoisotopic (exact) mass is 424 g/mol. The third-order valence-corrected chi connectivity index (χ3v) is 6.31. The predicted molar refractivity (Wildman–Crippen MR) is 111 cm³/mol. The molecule has 8 heteroatoms. The number of nitrogens with one attached hydrogen (secondary N) is 2. The van der Waals surface area contributed by atoms with Crippen LogP contribution >= 0.6 is 0 Å². The van der Waals surface area contributed by atoms with Gasteiger partial charge in [0.25, 0.3) is 0 Å². The van der Waals surface area contributed by atoms with Crippen molar-refractivity contribution in [1.29, 1.82) is 0 Å². The number of rotatable bonds is 4. The van der Waals surface area contributed by atoms with Crippen molar-refractivity contribution in [2.24, 2.45) is 5.41 Å². The fourth-order valence-corrected chi connectivity index (χ4v) is 4.95. The van der Waals surface area contributed by atoms with Crippen LogP contribution in [0.5, 0.6) is 11.5 Å². The number of ether oxygens (including phenoxy) is 2. The highest BCUT2D eigenvalue weighted by molar-refractivity contribution is 6.20. The summed E-state index contributed by atoms with van der Waals surface area (Å²) in [4.78, 5) is 38.8. The van der Waals surface area contributed by atoms with Crippen molar-refractivity contribution in [3.8, 4) is 11.5 Å². The standard InChI is InChI=1S/C23H24N2O6/c1-30-16-7-3-5-13(9-16)18-11-15(26)12-19(14-6-4-8-17(10-14)31-2)23(18)20(27)24-22(29)25-21(23)28/h3-10,15,18-19,26H,11-12H2,1-2H3,(H2,24,25,27,28,29)/t15?,18-,19+. The molecule has 2 fully saturated rings. The largest absolute Gasteiger partial charge is 0.497 e. The average Bonchev–Trinajstić information content (AvgIpc) is 2.77. The molecular formula is C23H24N2O6. The summed E-state index contributed by atoms with van der Waals surface area (Å²) >= 11 is 0. The number of aliphatic hydroxyl groups is 1. The number of hydrogen-bond acceptors (Lipinski definition) is 6. The molecule has 0 radical (unpaired) electrons. The van der Waals surface area contributed by atoms with E-state index in [0.29, 0.717) is 22.6 Å². The van der Waals surface area contributed by atoms with E-state index in [1.54, 1.807) is 48.5 Å². The summed E-state index contributed by atoms with van der Waals surface area (Å²) in [6, 6.07) is 13.3. The van der Waals surface area contributed by atoms with Crippen molar-refractivity contribution in [3.05, 3.63) is 59.7 Å². The first-order valence-corrected chi connectivity index (χ1v) is 10.0. The van der Waals surface area contributed by atoms with Gasteiger partial charge >= 0.3 is 6.03 Å². The number of aliphatic hydroxyl groups excluding tert-OH is 1. The topological polar surface area (TPSA) is 114 Å². The van der Waals surface area contributed by atoms with Crippen LogP contribution in [0.3, 0.4) is 0 Å². The Morgan fingerprint density at radius 1 is 0.839 bits per heavy atom. The molecule has 1 unspecified atom stereocenters. The Morgan fingerprint density at radius 2 is 1.29 bits per heavy atom. The minimum atomic E-state index is -1.63. The van der Waals surface area contributed by atoms with Crippen molar-refractivity contribution in [3.63, 3.8) is 0 Å². The summed E-state index contributed by atoms with van der Waals surface area (Å²) in [5.41, 5.74) is -0.289. The van der Waals surface area contributed by atoms with E-state index in [1.165, 1.54) is 14.2 Å². The molecule has 2 aromatic rings. The lowest BCUT2D eigenvalue weighted by atomic mass is 9.54. The van der Waals surface area contributed by atoms with Crippen LogP contribution in [0.1, 0.15) is 35.8 Å². The Bertz CT molecular complexity index is 957. The van der Waals surface area contributed by atoms with Crippen molar-refractivity contribution < 1.29 is 29.0 Å². The molecule has 1 aliphatic carbocycles. The van der Waals surface area contributed by atoms with E-state index >= 15 is 0 Å². The van der Waals surface area contributed by atoms with E-state index in [9.17, 15) is 19.5 Å². The highest BCUT2D eigenvalue weighted by Crippen LogP contribution is 2.56. The van der Waals surface area contributed by atoms with Crippen LogP contribution in [-0.4, -0.2) is 43.3 Å². The van der Waals surface area contributed by atoms with Gasteiger partial charge in [-0.1, -0.05) is 24.3 Å². The van der Waals surface area contributed by atoms with Crippen LogP contribution in [0.15, 0.2) is 48.5 Å². The second-order valence-electron chi connectivity index (χ2n) is 7.89. The highest BCUT2D eigenvalue weighted by atomic mass is 16.5. The van der Waals surface area contributed by atoms with Crippen LogP contribution in [0, 0.1) is 5.41 Å². The normalized spacial score (nSPS) is 25.0.